The summed E-state index contributed by atoms with van der Waals surface area (Å²) in [6, 6.07) is 28.8. The van der Waals surface area contributed by atoms with Crippen LogP contribution in [0, 0.1) is 0 Å². The monoisotopic (exact) mass is 347 g/mol. The van der Waals surface area contributed by atoms with Gasteiger partial charge in [-0.25, -0.2) is 9.67 Å². The molecule has 5 aromatic rings. The van der Waals surface area contributed by atoms with E-state index >= 15 is 0 Å². The molecule has 128 valence electrons. The van der Waals surface area contributed by atoms with Crippen molar-refractivity contribution < 1.29 is 0 Å². The first-order chi connectivity index (χ1) is 13.3. The zero-order valence-electron chi connectivity index (χ0n) is 14.7. The van der Waals surface area contributed by atoms with Crippen LogP contribution >= 0.6 is 0 Å². The van der Waals surface area contributed by atoms with Crippen LogP contribution in [0.2, 0.25) is 0 Å². The third-order valence-electron chi connectivity index (χ3n) is 4.76. The maximum Gasteiger partial charge on any atom is 0.164 e. The van der Waals surface area contributed by atoms with E-state index in [1.165, 1.54) is 0 Å². The summed E-state index contributed by atoms with van der Waals surface area (Å²) in [5.74, 6) is 0. The van der Waals surface area contributed by atoms with Gasteiger partial charge in [-0.2, -0.15) is 5.10 Å². The molecule has 0 unspecified atom stereocenters. The first-order valence-corrected chi connectivity index (χ1v) is 8.90. The van der Waals surface area contributed by atoms with Gasteiger partial charge in [0, 0.05) is 16.3 Å². The number of nitrogens with zero attached hydrogens (tertiary/aromatic N) is 3. The lowest BCUT2D eigenvalue weighted by Gasteiger charge is -2.04. The van der Waals surface area contributed by atoms with E-state index in [0.29, 0.717) is 0 Å². The molecule has 2 aromatic heterocycles. The SMILES string of the molecule is C=Cc1ccc2nc3c(cc2c1)c(-c1ccccc1)nn3-c1ccccc1. The minimum absolute atomic E-state index is 0.860. The number of benzene rings is 3. The average Bonchev–Trinajstić information content (AvgIpc) is 3.11. The normalized spacial score (nSPS) is 11.1. The Morgan fingerprint density at radius 3 is 2.30 bits per heavy atom. The molecule has 0 spiro atoms. The molecule has 0 fully saturated rings. The molecule has 0 saturated carbocycles. The van der Waals surface area contributed by atoms with Gasteiger partial charge < -0.3 is 0 Å². The van der Waals surface area contributed by atoms with Crippen LogP contribution in [0.1, 0.15) is 5.56 Å². The Kier molecular flexibility index (Phi) is 3.58. The summed E-state index contributed by atoms with van der Waals surface area (Å²) in [5.41, 5.74) is 5.91. The summed E-state index contributed by atoms with van der Waals surface area (Å²) >= 11 is 0. The Balaban J connectivity index is 1.87. The number of hydrogen-bond acceptors (Lipinski definition) is 2. The minimum Gasteiger partial charge on any atom is -0.228 e. The van der Waals surface area contributed by atoms with Gasteiger partial charge in [-0.3, -0.25) is 0 Å². The zero-order valence-corrected chi connectivity index (χ0v) is 14.7. The number of hydrogen-bond donors (Lipinski definition) is 0. The highest BCUT2D eigenvalue weighted by molar-refractivity contribution is 5.99. The third-order valence-corrected chi connectivity index (χ3v) is 4.76. The molecule has 3 heteroatoms. The van der Waals surface area contributed by atoms with Crippen molar-refractivity contribution in [2.45, 2.75) is 0 Å². The molecule has 0 saturated heterocycles. The molecule has 27 heavy (non-hydrogen) atoms. The van der Waals surface area contributed by atoms with E-state index < -0.39 is 0 Å². The van der Waals surface area contributed by atoms with Gasteiger partial charge in [0.05, 0.1) is 11.2 Å². The maximum absolute atomic E-state index is 4.94. The quantitative estimate of drug-likeness (QED) is 0.408. The summed E-state index contributed by atoms with van der Waals surface area (Å²) < 4.78 is 1.93. The van der Waals surface area contributed by atoms with Crippen LogP contribution in [0.4, 0.5) is 0 Å². The highest BCUT2D eigenvalue weighted by Crippen LogP contribution is 2.31. The van der Waals surface area contributed by atoms with Crippen LogP contribution in [0.15, 0.2) is 91.5 Å². The van der Waals surface area contributed by atoms with Crippen molar-refractivity contribution in [1.29, 1.82) is 0 Å². The van der Waals surface area contributed by atoms with Gasteiger partial charge in [0.25, 0.3) is 0 Å². The number of para-hydroxylation sites is 1. The number of rotatable bonds is 3. The fourth-order valence-corrected chi connectivity index (χ4v) is 3.41. The van der Waals surface area contributed by atoms with Gasteiger partial charge in [0.2, 0.25) is 0 Å². The predicted octanol–water partition coefficient (Wildman–Crippen LogP) is 5.88. The fourth-order valence-electron chi connectivity index (χ4n) is 3.41. The second kappa shape index (κ2) is 6.22. The first kappa shape index (κ1) is 15.5. The smallest absolute Gasteiger partial charge is 0.164 e. The molecular formula is C24H17N3. The maximum atomic E-state index is 4.94. The van der Waals surface area contributed by atoms with E-state index in [1.807, 2.05) is 71.4 Å². The Morgan fingerprint density at radius 2 is 1.56 bits per heavy atom. The van der Waals surface area contributed by atoms with Gasteiger partial charge in [0.15, 0.2) is 5.65 Å². The van der Waals surface area contributed by atoms with E-state index in [4.69, 9.17) is 10.1 Å². The summed E-state index contributed by atoms with van der Waals surface area (Å²) in [4.78, 5) is 4.94. The van der Waals surface area contributed by atoms with Gasteiger partial charge in [-0.05, 0) is 35.9 Å². The highest BCUT2D eigenvalue weighted by atomic mass is 15.3. The molecule has 0 aliphatic heterocycles. The fraction of sp³-hybridized carbons (Fsp3) is 0. The van der Waals surface area contributed by atoms with Crippen molar-refractivity contribution in [3.63, 3.8) is 0 Å². The van der Waals surface area contributed by atoms with Crippen LogP contribution in [0.3, 0.4) is 0 Å². The van der Waals surface area contributed by atoms with E-state index in [-0.39, 0.29) is 0 Å². The molecule has 3 nitrogen and oxygen atoms in total. The second-order valence-corrected chi connectivity index (χ2v) is 6.48. The van der Waals surface area contributed by atoms with Crippen molar-refractivity contribution in [1.82, 2.24) is 14.8 Å². The number of fused-ring (bicyclic) bond motifs is 2. The van der Waals surface area contributed by atoms with Crippen molar-refractivity contribution in [2.75, 3.05) is 0 Å². The van der Waals surface area contributed by atoms with Crippen LogP contribution in [0.25, 0.3) is 45.0 Å². The van der Waals surface area contributed by atoms with E-state index in [9.17, 15) is 0 Å². The Bertz CT molecular complexity index is 1270. The van der Waals surface area contributed by atoms with Crippen molar-refractivity contribution in [2.24, 2.45) is 0 Å². The van der Waals surface area contributed by atoms with Crippen molar-refractivity contribution in [3.8, 4) is 16.9 Å². The van der Waals surface area contributed by atoms with Crippen LogP contribution in [-0.4, -0.2) is 14.8 Å². The lowest BCUT2D eigenvalue weighted by Crippen LogP contribution is -1.97. The third kappa shape index (κ3) is 2.61. The topological polar surface area (TPSA) is 30.7 Å². The van der Waals surface area contributed by atoms with Crippen molar-refractivity contribution >= 4 is 28.0 Å². The molecule has 2 heterocycles. The zero-order chi connectivity index (χ0) is 18.2. The molecule has 0 aliphatic rings. The molecule has 0 radical (unpaired) electrons. The van der Waals surface area contributed by atoms with E-state index in [2.05, 4.69) is 30.8 Å². The standard InChI is InChI=1S/C24H17N3/c1-2-17-13-14-22-19(15-17)16-21-23(18-9-5-3-6-10-18)26-27(24(21)25-22)20-11-7-4-8-12-20/h2-16H,1H2. The summed E-state index contributed by atoms with van der Waals surface area (Å²) in [6.45, 7) is 3.87. The summed E-state index contributed by atoms with van der Waals surface area (Å²) in [5, 5.41) is 7.06. The van der Waals surface area contributed by atoms with Crippen LogP contribution < -0.4 is 0 Å². The average molecular weight is 347 g/mol. The minimum atomic E-state index is 0.860. The lowest BCUT2D eigenvalue weighted by atomic mass is 10.1. The lowest BCUT2D eigenvalue weighted by molar-refractivity contribution is 0.903. The molecule has 0 aliphatic carbocycles. The molecular weight excluding hydrogens is 330 g/mol. The van der Waals surface area contributed by atoms with Crippen LogP contribution in [-0.2, 0) is 0 Å². The molecule has 0 amide bonds. The largest absolute Gasteiger partial charge is 0.228 e. The summed E-state index contributed by atoms with van der Waals surface area (Å²) in [7, 11) is 0. The van der Waals surface area contributed by atoms with Crippen molar-refractivity contribution in [3.05, 3.63) is 97.1 Å². The second-order valence-electron chi connectivity index (χ2n) is 6.48. The van der Waals surface area contributed by atoms with Gasteiger partial charge in [-0.15, -0.1) is 0 Å². The van der Waals surface area contributed by atoms with E-state index in [1.54, 1.807) is 0 Å². The summed E-state index contributed by atoms with van der Waals surface area (Å²) in [6.07, 6.45) is 1.86. The molecule has 0 N–H and O–H groups in total. The van der Waals surface area contributed by atoms with Crippen LogP contribution in [0.5, 0.6) is 0 Å². The van der Waals surface area contributed by atoms with Gasteiger partial charge >= 0.3 is 0 Å². The Hall–Kier alpha value is -3.72. The first-order valence-electron chi connectivity index (χ1n) is 8.90. The van der Waals surface area contributed by atoms with Gasteiger partial charge in [0.1, 0.15) is 5.69 Å². The molecule has 3 aromatic carbocycles. The Morgan fingerprint density at radius 1 is 0.815 bits per heavy atom. The number of pyridine rings is 1. The Labute approximate surface area is 157 Å². The predicted molar refractivity (Wildman–Crippen MR) is 112 cm³/mol. The van der Waals surface area contributed by atoms with Gasteiger partial charge in [-0.1, -0.05) is 67.3 Å². The molecule has 0 atom stereocenters. The molecule has 5 rings (SSSR count). The molecule has 0 bridgehead atoms. The number of aromatic nitrogens is 3. The van der Waals surface area contributed by atoms with E-state index in [0.717, 1.165) is 44.4 Å². The highest BCUT2D eigenvalue weighted by Gasteiger charge is 2.16.